The van der Waals surface area contributed by atoms with E-state index in [-0.39, 0.29) is 5.56 Å². The Balaban J connectivity index is 1.52. The Morgan fingerprint density at radius 1 is 1.27 bits per heavy atom. The monoisotopic (exact) mass is 300 g/mol. The highest BCUT2D eigenvalue weighted by molar-refractivity contribution is 5.37. The fraction of sp³-hybridized carbons (Fsp3) is 0.438. The molecular formula is C16H20N4O2. The number of pyridine rings is 1. The second-order valence-corrected chi connectivity index (χ2v) is 5.62. The minimum Gasteiger partial charge on any atom is -0.493 e. The summed E-state index contributed by atoms with van der Waals surface area (Å²) in [7, 11) is 1.71. The number of rotatable bonds is 4. The molecule has 0 aliphatic carbocycles. The molecule has 3 rings (SSSR count). The number of hydrogen-bond donors (Lipinski definition) is 0. The molecule has 0 amide bonds. The maximum absolute atomic E-state index is 11.7. The molecule has 3 heterocycles. The van der Waals surface area contributed by atoms with Crippen molar-refractivity contribution < 1.29 is 4.74 Å². The van der Waals surface area contributed by atoms with Gasteiger partial charge in [0, 0.05) is 38.6 Å². The molecule has 6 heteroatoms. The molecule has 1 fully saturated rings. The van der Waals surface area contributed by atoms with E-state index >= 15 is 0 Å². The van der Waals surface area contributed by atoms with Crippen LogP contribution in [-0.4, -0.2) is 34.2 Å². The first-order valence-corrected chi connectivity index (χ1v) is 7.53. The molecule has 1 aliphatic heterocycles. The summed E-state index contributed by atoms with van der Waals surface area (Å²) in [5, 5.41) is 0. The number of nitrogens with zero attached hydrogens (tertiary/aromatic N) is 4. The van der Waals surface area contributed by atoms with Crippen LogP contribution in [0.25, 0.3) is 0 Å². The predicted octanol–water partition coefficient (Wildman–Crippen LogP) is 1.47. The third kappa shape index (κ3) is 3.44. The van der Waals surface area contributed by atoms with Crippen molar-refractivity contribution in [3.63, 3.8) is 0 Å². The van der Waals surface area contributed by atoms with Crippen LogP contribution in [-0.2, 0) is 7.05 Å². The standard InChI is InChI=1S/C16H20N4O2/c1-19-12-18-15(10-16(19)21)20-8-4-13(5-9-20)11-22-14-2-6-17-7-3-14/h2-3,6-7,10,12-13H,4-5,8-9,11H2,1H3. The van der Waals surface area contributed by atoms with Crippen molar-refractivity contribution >= 4 is 5.82 Å². The molecule has 2 aromatic rings. The largest absolute Gasteiger partial charge is 0.493 e. The Morgan fingerprint density at radius 2 is 2.00 bits per heavy atom. The topological polar surface area (TPSA) is 60.3 Å². The summed E-state index contributed by atoms with van der Waals surface area (Å²) in [5.41, 5.74) is -0.0202. The molecule has 0 radical (unpaired) electrons. The van der Waals surface area contributed by atoms with Gasteiger partial charge in [0.15, 0.2) is 0 Å². The average molecular weight is 300 g/mol. The minimum absolute atomic E-state index is 0.0202. The van der Waals surface area contributed by atoms with Gasteiger partial charge in [0.2, 0.25) is 0 Å². The molecule has 1 aliphatic rings. The number of aryl methyl sites for hydroxylation is 1. The van der Waals surface area contributed by atoms with E-state index in [0.717, 1.165) is 44.1 Å². The quantitative estimate of drug-likeness (QED) is 0.856. The van der Waals surface area contributed by atoms with Crippen LogP contribution in [0, 0.1) is 5.92 Å². The molecule has 0 unspecified atom stereocenters. The van der Waals surface area contributed by atoms with Gasteiger partial charge in [0.05, 0.1) is 12.9 Å². The second-order valence-electron chi connectivity index (χ2n) is 5.62. The van der Waals surface area contributed by atoms with Crippen molar-refractivity contribution in [2.45, 2.75) is 12.8 Å². The summed E-state index contributed by atoms with van der Waals surface area (Å²) in [4.78, 5) is 22.2. The van der Waals surface area contributed by atoms with Crippen LogP contribution in [0.15, 0.2) is 41.7 Å². The van der Waals surface area contributed by atoms with Gasteiger partial charge in [-0.3, -0.25) is 9.78 Å². The molecule has 0 aromatic carbocycles. The van der Waals surface area contributed by atoms with Crippen molar-refractivity contribution in [2.75, 3.05) is 24.6 Å². The van der Waals surface area contributed by atoms with Crippen LogP contribution >= 0.6 is 0 Å². The third-order valence-corrected chi connectivity index (χ3v) is 4.04. The smallest absolute Gasteiger partial charge is 0.255 e. The van der Waals surface area contributed by atoms with Crippen molar-refractivity contribution in [3.8, 4) is 5.75 Å². The van der Waals surface area contributed by atoms with E-state index in [4.69, 9.17) is 4.74 Å². The van der Waals surface area contributed by atoms with Gasteiger partial charge in [0.25, 0.3) is 5.56 Å². The zero-order valence-corrected chi connectivity index (χ0v) is 12.7. The molecule has 0 bridgehead atoms. The van der Waals surface area contributed by atoms with Crippen LogP contribution in [0.1, 0.15) is 12.8 Å². The van der Waals surface area contributed by atoms with E-state index in [2.05, 4.69) is 14.9 Å². The highest BCUT2D eigenvalue weighted by Crippen LogP contribution is 2.21. The van der Waals surface area contributed by atoms with Crippen molar-refractivity contribution in [2.24, 2.45) is 13.0 Å². The van der Waals surface area contributed by atoms with Crippen LogP contribution in [0.3, 0.4) is 0 Å². The molecule has 0 spiro atoms. The van der Waals surface area contributed by atoms with Gasteiger partial charge in [-0.1, -0.05) is 0 Å². The van der Waals surface area contributed by atoms with E-state index in [1.54, 1.807) is 31.8 Å². The Hall–Kier alpha value is -2.37. The van der Waals surface area contributed by atoms with E-state index in [0.29, 0.717) is 5.92 Å². The van der Waals surface area contributed by atoms with Crippen LogP contribution in [0.2, 0.25) is 0 Å². The molecule has 116 valence electrons. The summed E-state index contributed by atoms with van der Waals surface area (Å²) in [6.07, 6.45) is 7.14. The maximum atomic E-state index is 11.7. The number of anilines is 1. The van der Waals surface area contributed by atoms with E-state index < -0.39 is 0 Å². The van der Waals surface area contributed by atoms with Crippen LogP contribution in [0.4, 0.5) is 5.82 Å². The highest BCUT2D eigenvalue weighted by atomic mass is 16.5. The molecular weight excluding hydrogens is 280 g/mol. The summed E-state index contributed by atoms with van der Waals surface area (Å²) >= 11 is 0. The molecule has 22 heavy (non-hydrogen) atoms. The minimum atomic E-state index is -0.0202. The van der Waals surface area contributed by atoms with Gasteiger partial charge in [-0.05, 0) is 30.9 Å². The zero-order valence-electron chi connectivity index (χ0n) is 12.7. The second kappa shape index (κ2) is 6.60. The number of ether oxygens (including phenoxy) is 1. The summed E-state index contributed by atoms with van der Waals surface area (Å²) in [6.45, 7) is 2.54. The predicted molar refractivity (Wildman–Crippen MR) is 84.1 cm³/mol. The Morgan fingerprint density at radius 3 is 2.68 bits per heavy atom. The first kappa shape index (κ1) is 14.6. The lowest BCUT2D eigenvalue weighted by atomic mass is 9.98. The van der Waals surface area contributed by atoms with Crippen molar-refractivity contribution in [1.82, 2.24) is 14.5 Å². The number of hydrogen-bond acceptors (Lipinski definition) is 5. The summed E-state index contributed by atoms with van der Waals surface area (Å²) in [5.74, 6) is 2.18. The lowest BCUT2D eigenvalue weighted by Crippen LogP contribution is -2.37. The van der Waals surface area contributed by atoms with Crippen LogP contribution < -0.4 is 15.2 Å². The fourth-order valence-corrected chi connectivity index (χ4v) is 2.60. The first-order chi connectivity index (χ1) is 10.7. The van der Waals surface area contributed by atoms with Gasteiger partial charge in [-0.25, -0.2) is 4.98 Å². The average Bonchev–Trinajstić information content (AvgIpc) is 2.57. The third-order valence-electron chi connectivity index (χ3n) is 4.04. The first-order valence-electron chi connectivity index (χ1n) is 7.53. The summed E-state index contributed by atoms with van der Waals surface area (Å²) < 4.78 is 7.28. The normalized spacial score (nSPS) is 15.8. The van der Waals surface area contributed by atoms with E-state index in [9.17, 15) is 4.79 Å². The van der Waals surface area contributed by atoms with Gasteiger partial charge < -0.3 is 14.2 Å². The van der Waals surface area contributed by atoms with Gasteiger partial charge in [-0.15, -0.1) is 0 Å². The Kier molecular flexibility index (Phi) is 4.37. The Labute approximate surface area is 129 Å². The van der Waals surface area contributed by atoms with Gasteiger partial charge in [0.1, 0.15) is 11.6 Å². The molecule has 1 saturated heterocycles. The lowest BCUT2D eigenvalue weighted by Gasteiger charge is -2.32. The van der Waals surface area contributed by atoms with Gasteiger partial charge >= 0.3 is 0 Å². The number of piperidine rings is 1. The van der Waals surface area contributed by atoms with Crippen molar-refractivity contribution in [1.29, 1.82) is 0 Å². The molecule has 6 nitrogen and oxygen atoms in total. The SMILES string of the molecule is Cn1cnc(N2CCC(COc3ccncc3)CC2)cc1=O. The fourth-order valence-electron chi connectivity index (χ4n) is 2.60. The number of aromatic nitrogens is 3. The highest BCUT2D eigenvalue weighted by Gasteiger charge is 2.21. The van der Waals surface area contributed by atoms with E-state index in [1.807, 2.05) is 12.1 Å². The zero-order chi connectivity index (χ0) is 15.4. The summed E-state index contributed by atoms with van der Waals surface area (Å²) in [6, 6.07) is 5.35. The lowest BCUT2D eigenvalue weighted by molar-refractivity contribution is 0.222. The maximum Gasteiger partial charge on any atom is 0.255 e. The molecule has 2 aromatic heterocycles. The van der Waals surface area contributed by atoms with Crippen LogP contribution in [0.5, 0.6) is 5.75 Å². The Bertz CT molecular complexity index is 663. The molecule has 0 saturated carbocycles. The molecule has 0 atom stereocenters. The van der Waals surface area contributed by atoms with E-state index in [1.165, 1.54) is 4.57 Å². The van der Waals surface area contributed by atoms with Gasteiger partial charge in [-0.2, -0.15) is 0 Å². The van der Waals surface area contributed by atoms with Crippen molar-refractivity contribution in [3.05, 3.63) is 47.3 Å². The molecule has 0 N–H and O–H groups in total.